The van der Waals surface area contributed by atoms with Crippen LogP contribution in [0.4, 0.5) is 0 Å². The zero-order valence-corrected chi connectivity index (χ0v) is 15.3. The number of ether oxygens (including phenoxy) is 1. The van der Waals surface area contributed by atoms with Crippen LogP contribution in [0.15, 0.2) is 53.7 Å². The molecule has 2 aromatic carbocycles. The molecule has 1 N–H and O–H groups in total. The summed E-state index contributed by atoms with van der Waals surface area (Å²) in [5, 5.41) is 0.371. The summed E-state index contributed by atoms with van der Waals surface area (Å²) < 4.78 is 5.53. The Kier molecular flexibility index (Phi) is 5.28. The highest BCUT2D eigenvalue weighted by molar-refractivity contribution is 8.00. The monoisotopic (exact) mass is 355 g/mol. The van der Waals surface area contributed by atoms with Gasteiger partial charge in [0.1, 0.15) is 11.0 Å². The van der Waals surface area contributed by atoms with Gasteiger partial charge in [-0.15, -0.1) is 0 Å². The van der Waals surface area contributed by atoms with Gasteiger partial charge in [-0.3, -0.25) is 4.79 Å². The number of rotatable bonds is 6. The summed E-state index contributed by atoms with van der Waals surface area (Å²) in [5.74, 6) is 0.839. The van der Waals surface area contributed by atoms with Crippen LogP contribution in [0, 0.1) is 0 Å². The zero-order valence-electron chi connectivity index (χ0n) is 14.5. The summed E-state index contributed by atoms with van der Waals surface area (Å²) >= 11 is 1.42. The van der Waals surface area contributed by atoms with Gasteiger partial charge in [-0.25, -0.2) is 4.98 Å². The Labute approximate surface area is 151 Å². The first-order chi connectivity index (χ1) is 12.1. The van der Waals surface area contributed by atoms with Crippen molar-refractivity contribution in [1.82, 2.24) is 14.9 Å². The molecule has 0 unspecified atom stereocenters. The molecular formula is C19H21N3O2S. The standard InChI is InChI=1S/C19H21N3O2S/c1-4-24-14-10-11-15-16(12-14)21-19(20-15)25-17(18(23)22(2)3)13-8-6-5-7-9-13/h5-12,17H,4H2,1-3H3,(H,20,21)/t17-/m1/s1. The third-order valence-electron chi connectivity index (χ3n) is 3.74. The van der Waals surface area contributed by atoms with Gasteiger partial charge in [-0.2, -0.15) is 0 Å². The third-order valence-corrected chi connectivity index (χ3v) is 4.87. The summed E-state index contributed by atoms with van der Waals surface area (Å²) in [4.78, 5) is 22.1. The van der Waals surface area contributed by atoms with Gasteiger partial charge in [0.2, 0.25) is 5.91 Å². The SMILES string of the molecule is CCOc1ccc2nc(S[C@@H](C(=O)N(C)C)c3ccccc3)[nH]c2c1. The molecule has 25 heavy (non-hydrogen) atoms. The van der Waals surface area contributed by atoms with Crippen LogP contribution in [0.5, 0.6) is 5.75 Å². The average molecular weight is 355 g/mol. The molecule has 0 bridgehead atoms. The van der Waals surface area contributed by atoms with Crippen molar-refractivity contribution in [3.8, 4) is 5.75 Å². The molecule has 0 saturated heterocycles. The predicted molar refractivity (Wildman–Crippen MR) is 101 cm³/mol. The number of nitrogens with one attached hydrogen (secondary N) is 1. The fraction of sp³-hybridized carbons (Fsp3) is 0.263. The number of hydrogen-bond acceptors (Lipinski definition) is 4. The van der Waals surface area contributed by atoms with Crippen molar-refractivity contribution in [2.75, 3.05) is 20.7 Å². The Hall–Kier alpha value is -2.47. The van der Waals surface area contributed by atoms with Crippen molar-refractivity contribution in [3.05, 3.63) is 54.1 Å². The number of aromatic nitrogens is 2. The number of likely N-dealkylation sites (N-methyl/N-ethyl adjacent to an activating group) is 1. The van der Waals surface area contributed by atoms with Gasteiger partial charge in [0.15, 0.2) is 5.16 Å². The molecular weight excluding hydrogens is 334 g/mol. The fourth-order valence-corrected chi connectivity index (χ4v) is 3.66. The van der Waals surface area contributed by atoms with Gasteiger partial charge in [0.05, 0.1) is 17.6 Å². The Morgan fingerprint density at radius 1 is 1.24 bits per heavy atom. The lowest BCUT2D eigenvalue weighted by Gasteiger charge is -2.19. The first kappa shape index (κ1) is 17.4. The van der Waals surface area contributed by atoms with Gasteiger partial charge in [0, 0.05) is 20.2 Å². The lowest BCUT2D eigenvalue weighted by Crippen LogP contribution is -2.26. The third kappa shape index (κ3) is 3.96. The maximum atomic E-state index is 12.6. The van der Waals surface area contributed by atoms with Crippen molar-refractivity contribution in [2.45, 2.75) is 17.3 Å². The van der Waals surface area contributed by atoms with E-state index in [4.69, 9.17) is 4.74 Å². The van der Waals surface area contributed by atoms with Crippen molar-refractivity contribution in [3.63, 3.8) is 0 Å². The minimum atomic E-state index is -0.344. The van der Waals surface area contributed by atoms with Crippen LogP contribution in [0.25, 0.3) is 11.0 Å². The van der Waals surface area contributed by atoms with E-state index in [9.17, 15) is 4.79 Å². The van der Waals surface area contributed by atoms with Crippen molar-refractivity contribution < 1.29 is 9.53 Å². The van der Waals surface area contributed by atoms with Crippen molar-refractivity contribution in [1.29, 1.82) is 0 Å². The molecule has 1 aromatic heterocycles. The Morgan fingerprint density at radius 2 is 2.00 bits per heavy atom. The van der Waals surface area contributed by atoms with E-state index in [1.165, 1.54) is 11.8 Å². The summed E-state index contributed by atoms with van der Waals surface area (Å²) in [5.41, 5.74) is 2.72. The molecule has 0 aliphatic heterocycles. The molecule has 130 valence electrons. The Morgan fingerprint density at radius 3 is 2.68 bits per heavy atom. The van der Waals surface area contributed by atoms with Crippen molar-refractivity contribution >= 4 is 28.7 Å². The van der Waals surface area contributed by atoms with Crippen LogP contribution >= 0.6 is 11.8 Å². The number of fused-ring (bicyclic) bond motifs is 1. The maximum absolute atomic E-state index is 12.6. The van der Waals surface area contributed by atoms with Gasteiger partial charge in [-0.1, -0.05) is 42.1 Å². The van der Waals surface area contributed by atoms with Gasteiger partial charge >= 0.3 is 0 Å². The highest BCUT2D eigenvalue weighted by Crippen LogP contribution is 2.36. The van der Waals surface area contributed by atoms with E-state index in [1.54, 1.807) is 19.0 Å². The molecule has 5 nitrogen and oxygen atoms in total. The van der Waals surface area contributed by atoms with Gasteiger partial charge < -0.3 is 14.6 Å². The quantitative estimate of drug-likeness (QED) is 0.682. The molecule has 1 amide bonds. The highest BCUT2D eigenvalue weighted by atomic mass is 32.2. The van der Waals surface area contributed by atoms with Crippen molar-refractivity contribution in [2.24, 2.45) is 0 Å². The van der Waals surface area contributed by atoms with Crippen LogP contribution in [0.1, 0.15) is 17.7 Å². The van der Waals surface area contributed by atoms with E-state index >= 15 is 0 Å². The summed E-state index contributed by atoms with van der Waals surface area (Å²) in [7, 11) is 3.54. The smallest absolute Gasteiger partial charge is 0.240 e. The molecule has 0 spiro atoms. The number of carbonyl (C=O) groups is 1. The van der Waals surface area contributed by atoms with E-state index in [1.807, 2.05) is 55.5 Å². The number of H-pyrrole nitrogens is 1. The number of nitrogens with zero attached hydrogens (tertiary/aromatic N) is 2. The maximum Gasteiger partial charge on any atom is 0.240 e. The number of benzene rings is 2. The fourth-order valence-electron chi connectivity index (χ4n) is 2.51. The molecule has 3 aromatic rings. The lowest BCUT2D eigenvalue weighted by molar-refractivity contribution is -0.128. The Balaban J connectivity index is 1.91. The van der Waals surface area contributed by atoms with E-state index in [2.05, 4.69) is 9.97 Å². The number of carbonyl (C=O) groups excluding carboxylic acids is 1. The topological polar surface area (TPSA) is 58.2 Å². The zero-order chi connectivity index (χ0) is 17.8. The highest BCUT2D eigenvalue weighted by Gasteiger charge is 2.25. The lowest BCUT2D eigenvalue weighted by atomic mass is 10.1. The molecule has 1 heterocycles. The van der Waals surface area contributed by atoms with E-state index < -0.39 is 0 Å². The number of thioether (sulfide) groups is 1. The summed E-state index contributed by atoms with van der Waals surface area (Å²) in [6, 6.07) is 15.5. The molecule has 0 radical (unpaired) electrons. The number of aromatic amines is 1. The largest absolute Gasteiger partial charge is 0.494 e. The molecule has 0 saturated carbocycles. The molecule has 0 aliphatic rings. The van der Waals surface area contributed by atoms with E-state index in [-0.39, 0.29) is 11.2 Å². The van der Waals surface area contributed by atoms with Gasteiger partial charge in [0.25, 0.3) is 0 Å². The summed E-state index contributed by atoms with van der Waals surface area (Å²) in [6.45, 7) is 2.57. The average Bonchev–Trinajstić information content (AvgIpc) is 3.02. The summed E-state index contributed by atoms with van der Waals surface area (Å²) in [6.07, 6.45) is 0. The van der Waals surface area contributed by atoms with E-state index in [0.717, 1.165) is 22.3 Å². The minimum absolute atomic E-state index is 0.0339. The second-order valence-electron chi connectivity index (χ2n) is 5.80. The first-order valence-electron chi connectivity index (χ1n) is 8.14. The second-order valence-corrected chi connectivity index (χ2v) is 6.89. The van der Waals surface area contributed by atoms with Crippen LogP contribution < -0.4 is 4.74 Å². The minimum Gasteiger partial charge on any atom is -0.494 e. The molecule has 0 fully saturated rings. The van der Waals surface area contributed by atoms with Crippen LogP contribution in [0.2, 0.25) is 0 Å². The first-order valence-corrected chi connectivity index (χ1v) is 9.01. The molecule has 3 rings (SSSR count). The number of hydrogen-bond donors (Lipinski definition) is 1. The van der Waals surface area contributed by atoms with E-state index in [0.29, 0.717) is 11.8 Å². The van der Waals surface area contributed by atoms with Crippen LogP contribution in [0.3, 0.4) is 0 Å². The molecule has 6 heteroatoms. The molecule has 1 atom stereocenters. The van der Waals surface area contributed by atoms with Gasteiger partial charge in [-0.05, 0) is 24.6 Å². The van der Waals surface area contributed by atoms with Crippen LogP contribution in [-0.4, -0.2) is 41.5 Å². The Bertz CT molecular complexity index is 861. The number of amides is 1. The normalized spacial score (nSPS) is 12.1. The van der Waals surface area contributed by atoms with Crippen LogP contribution in [-0.2, 0) is 4.79 Å². The predicted octanol–water partition coefficient (Wildman–Crippen LogP) is 3.88. The molecule has 0 aliphatic carbocycles. The second kappa shape index (κ2) is 7.61. The number of imidazole rings is 1.